The fraction of sp³-hybridized carbons (Fsp3) is 0.562. The van der Waals surface area contributed by atoms with Gasteiger partial charge < -0.3 is 11.1 Å². The van der Waals surface area contributed by atoms with Crippen molar-refractivity contribution in [3.8, 4) is 0 Å². The Labute approximate surface area is 129 Å². The van der Waals surface area contributed by atoms with E-state index in [0.717, 1.165) is 30.2 Å². The summed E-state index contributed by atoms with van der Waals surface area (Å²) in [6, 6.07) is 8.40. The van der Waals surface area contributed by atoms with Gasteiger partial charge in [0, 0.05) is 16.4 Å². The quantitative estimate of drug-likeness (QED) is 0.867. The number of hydrogen-bond donors (Lipinski definition) is 2. The second-order valence-electron chi connectivity index (χ2n) is 5.77. The van der Waals surface area contributed by atoms with E-state index < -0.39 is 0 Å². The average Bonchev–Trinajstić information content (AvgIpc) is 2.89. The molecule has 1 amide bonds. The van der Waals surface area contributed by atoms with Gasteiger partial charge in [0.05, 0.1) is 0 Å². The summed E-state index contributed by atoms with van der Waals surface area (Å²) in [6.07, 6.45) is 4.06. The fourth-order valence-corrected chi connectivity index (χ4v) is 3.30. The summed E-state index contributed by atoms with van der Waals surface area (Å²) in [5.74, 6) is 0.671. The highest BCUT2D eigenvalue weighted by atomic mass is 79.9. The van der Waals surface area contributed by atoms with E-state index in [1.54, 1.807) is 0 Å². The van der Waals surface area contributed by atoms with Gasteiger partial charge in [-0.2, -0.15) is 0 Å². The van der Waals surface area contributed by atoms with E-state index in [9.17, 15) is 4.79 Å². The summed E-state index contributed by atoms with van der Waals surface area (Å²) in [5.41, 5.74) is 6.98. The third kappa shape index (κ3) is 4.06. The van der Waals surface area contributed by atoms with Crippen LogP contribution in [0.4, 0.5) is 0 Å². The van der Waals surface area contributed by atoms with Crippen LogP contribution in [0.2, 0.25) is 0 Å². The van der Waals surface area contributed by atoms with Gasteiger partial charge in [0.15, 0.2) is 0 Å². The number of nitrogens with one attached hydrogen (secondary N) is 1. The van der Waals surface area contributed by atoms with E-state index >= 15 is 0 Å². The van der Waals surface area contributed by atoms with Crippen LogP contribution in [0.15, 0.2) is 28.7 Å². The van der Waals surface area contributed by atoms with E-state index in [2.05, 4.69) is 40.3 Å². The number of amides is 1. The van der Waals surface area contributed by atoms with Crippen molar-refractivity contribution in [1.29, 1.82) is 0 Å². The molecule has 1 saturated carbocycles. The molecule has 0 saturated heterocycles. The predicted molar refractivity (Wildman–Crippen MR) is 85.3 cm³/mol. The molecule has 110 valence electrons. The number of carbonyl (C=O) groups excluding carboxylic acids is 1. The number of halogens is 1. The van der Waals surface area contributed by atoms with Crippen molar-refractivity contribution in [2.24, 2.45) is 17.6 Å². The van der Waals surface area contributed by atoms with Crippen LogP contribution in [0.25, 0.3) is 0 Å². The lowest BCUT2D eigenvalue weighted by atomic mass is 9.95. The van der Waals surface area contributed by atoms with Crippen LogP contribution >= 0.6 is 15.9 Å². The molecule has 3 nitrogen and oxygen atoms in total. The molecular formula is C16H23BrN2O. The fourth-order valence-electron chi connectivity index (χ4n) is 3.04. The highest BCUT2D eigenvalue weighted by Gasteiger charge is 2.32. The lowest BCUT2D eigenvalue weighted by molar-refractivity contribution is -0.126. The molecule has 20 heavy (non-hydrogen) atoms. The van der Waals surface area contributed by atoms with E-state index in [1.165, 1.54) is 5.56 Å². The molecule has 3 atom stereocenters. The Hall–Kier alpha value is -0.870. The van der Waals surface area contributed by atoms with Gasteiger partial charge in [-0.15, -0.1) is 0 Å². The van der Waals surface area contributed by atoms with Crippen LogP contribution in [0, 0.1) is 11.8 Å². The van der Waals surface area contributed by atoms with Crippen molar-refractivity contribution in [1.82, 2.24) is 5.32 Å². The van der Waals surface area contributed by atoms with Crippen LogP contribution in [0.5, 0.6) is 0 Å². The Morgan fingerprint density at radius 1 is 1.40 bits per heavy atom. The van der Waals surface area contributed by atoms with Crippen LogP contribution in [-0.4, -0.2) is 18.5 Å². The zero-order chi connectivity index (χ0) is 14.5. The van der Waals surface area contributed by atoms with E-state index in [0.29, 0.717) is 12.5 Å². The Bertz CT molecular complexity index is 446. The van der Waals surface area contributed by atoms with Gasteiger partial charge >= 0.3 is 0 Å². The molecular weight excluding hydrogens is 316 g/mol. The minimum Gasteiger partial charge on any atom is -0.353 e. The Balaban J connectivity index is 1.86. The molecule has 3 unspecified atom stereocenters. The molecule has 3 N–H and O–H groups in total. The second-order valence-corrected chi connectivity index (χ2v) is 6.69. The molecule has 0 spiro atoms. The van der Waals surface area contributed by atoms with E-state index in [-0.39, 0.29) is 17.9 Å². The second kappa shape index (κ2) is 7.23. The largest absolute Gasteiger partial charge is 0.353 e. The molecule has 0 bridgehead atoms. The first kappa shape index (κ1) is 15.5. The molecule has 1 aliphatic carbocycles. The predicted octanol–water partition coefficient (Wildman–Crippen LogP) is 2.87. The van der Waals surface area contributed by atoms with Gasteiger partial charge in [0.1, 0.15) is 0 Å². The van der Waals surface area contributed by atoms with Crippen molar-refractivity contribution in [2.75, 3.05) is 6.54 Å². The molecule has 1 fully saturated rings. The number of carbonyl (C=O) groups is 1. The SMILES string of the molecule is CC(Cc1ccc(Br)cc1)NC(=O)C1CCCC1CN. The number of benzene rings is 1. The Morgan fingerprint density at radius 3 is 2.75 bits per heavy atom. The molecule has 0 aromatic heterocycles. The highest BCUT2D eigenvalue weighted by Crippen LogP contribution is 2.31. The van der Waals surface area contributed by atoms with Crippen molar-refractivity contribution in [3.63, 3.8) is 0 Å². The van der Waals surface area contributed by atoms with Crippen molar-refractivity contribution >= 4 is 21.8 Å². The minimum absolute atomic E-state index is 0.118. The molecule has 2 rings (SSSR count). The van der Waals surface area contributed by atoms with E-state index in [1.807, 2.05) is 12.1 Å². The molecule has 1 aliphatic rings. The standard InChI is InChI=1S/C16H23BrN2O/c1-11(9-12-5-7-14(17)8-6-12)19-16(20)15-4-2-3-13(15)10-18/h5-8,11,13,15H,2-4,9-10,18H2,1H3,(H,19,20). The molecule has 0 heterocycles. The summed E-state index contributed by atoms with van der Waals surface area (Å²) >= 11 is 3.43. The minimum atomic E-state index is 0.118. The maximum Gasteiger partial charge on any atom is 0.223 e. The van der Waals surface area contributed by atoms with Crippen LogP contribution in [0.1, 0.15) is 31.7 Å². The summed E-state index contributed by atoms with van der Waals surface area (Å²) in [7, 11) is 0. The van der Waals surface area contributed by atoms with Crippen molar-refractivity contribution in [2.45, 2.75) is 38.6 Å². The first-order chi connectivity index (χ1) is 9.60. The summed E-state index contributed by atoms with van der Waals surface area (Å²) < 4.78 is 1.08. The van der Waals surface area contributed by atoms with E-state index in [4.69, 9.17) is 5.73 Å². The molecule has 0 aliphatic heterocycles. The maximum atomic E-state index is 12.3. The van der Waals surface area contributed by atoms with Gasteiger partial charge in [-0.05, 0) is 56.3 Å². The first-order valence-electron chi connectivity index (χ1n) is 7.35. The molecule has 1 aromatic carbocycles. The Morgan fingerprint density at radius 2 is 2.10 bits per heavy atom. The number of hydrogen-bond acceptors (Lipinski definition) is 2. The Kier molecular flexibility index (Phi) is 5.61. The number of nitrogens with two attached hydrogens (primary N) is 1. The van der Waals surface area contributed by atoms with Gasteiger partial charge in [-0.25, -0.2) is 0 Å². The lowest BCUT2D eigenvalue weighted by Gasteiger charge is -2.21. The zero-order valence-electron chi connectivity index (χ0n) is 11.9. The lowest BCUT2D eigenvalue weighted by Crippen LogP contribution is -2.40. The third-order valence-corrected chi connectivity index (χ3v) is 4.67. The molecule has 0 radical (unpaired) electrons. The van der Waals surface area contributed by atoms with Gasteiger partial charge in [-0.3, -0.25) is 4.79 Å². The smallest absolute Gasteiger partial charge is 0.223 e. The van der Waals surface area contributed by atoms with Crippen LogP contribution < -0.4 is 11.1 Å². The molecule has 4 heteroatoms. The first-order valence-corrected chi connectivity index (χ1v) is 8.14. The average molecular weight is 339 g/mol. The van der Waals surface area contributed by atoms with Crippen LogP contribution in [0.3, 0.4) is 0 Å². The third-order valence-electron chi connectivity index (χ3n) is 4.14. The summed E-state index contributed by atoms with van der Waals surface area (Å²) in [6.45, 7) is 2.69. The van der Waals surface area contributed by atoms with Gasteiger partial charge in [-0.1, -0.05) is 34.5 Å². The monoisotopic (exact) mass is 338 g/mol. The number of rotatable bonds is 5. The van der Waals surface area contributed by atoms with Gasteiger partial charge in [0.2, 0.25) is 5.91 Å². The normalized spacial score (nSPS) is 23.6. The maximum absolute atomic E-state index is 12.3. The highest BCUT2D eigenvalue weighted by molar-refractivity contribution is 9.10. The zero-order valence-corrected chi connectivity index (χ0v) is 13.5. The van der Waals surface area contributed by atoms with Crippen molar-refractivity contribution < 1.29 is 4.79 Å². The van der Waals surface area contributed by atoms with Crippen molar-refractivity contribution in [3.05, 3.63) is 34.3 Å². The van der Waals surface area contributed by atoms with Crippen LogP contribution in [-0.2, 0) is 11.2 Å². The molecule has 1 aromatic rings. The summed E-state index contributed by atoms with van der Waals surface area (Å²) in [4.78, 5) is 12.3. The summed E-state index contributed by atoms with van der Waals surface area (Å²) in [5, 5.41) is 3.14. The topological polar surface area (TPSA) is 55.1 Å². The van der Waals surface area contributed by atoms with Gasteiger partial charge in [0.25, 0.3) is 0 Å².